The van der Waals surface area contributed by atoms with Gasteiger partial charge in [0.1, 0.15) is 17.9 Å². The summed E-state index contributed by atoms with van der Waals surface area (Å²) in [6.45, 7) is 3.68. The highest BCUT2D eigenvalue weighted by Crippen LogP contribution is 2.27. The SMILES string of the molecule is CCOC(=O)N1CCN(C(=O)Cn2ncc3c4ccccc4n(Cc4ccc(F)cc4)c3c2=O)CC1. The maximum Gasteiger partial charge on any atom is 0.409 e. The Kier molecular flexibility index (Phi) is 6.41. The number of carbonyl (C=O) groups is 2. The second-order valence-corrected chi connectivity index (χ2v) is 8.67. The summed E-state index contributed by atoms with van der Waals surface area (Å²) in [5, 5.41) is 5.88. The zero-order chi connectivity index (χ0) is 25.2. The van der Waals surface area contributed by atoms with Crippen LogP contribution in [0, 0.1) is 5.82 Å². The Balaban J connectivity index is 1.43. The van der Waals surface area contributed by atoms with Crippen molar-refractivity contribution in [3.63, 3.8) is 0 Å². The van der Waals surface area contributed by atoms with Crippen LogP contribution in [0.25, 0.3) is 21.8 Å². The van der Waals surface area contributed by atoms with Crippen molar-refractivity contribution in [3.8, 4) is 0 Å². The van der Waals surface area contributed by atoms with E-state index >= 15 is 0 Å². The summed E-state index contributed by atoms with van der Waals surface area (Å²) in [6.07, 6.45) is 1.23. The van der Waals surface area contributed by atoms with Crippen molar-refractivity contribution >= 4 is 33.8 Å². The molecule has 1 fully saturated rings. The molecule has 10 heteroatoms. The quantitative estimate of drug-likeness (QED) is 0.428. The van der Waals surface area contributed by atoms with E-state index in [1.54, 1.807) is 35.1 Å². The first kappa shape index (κ1) is 23.5. The van der Waals surface area contributed by atoms with Crippen molar-refractivity contribution in [2.45, 2.75) is 20.0 Å². The minimum atomic E-state index is -0.387. The Bertz CT molecular complexity index is 1490. The van der Waals surface area contributed by atoms with E-state index in [0.717, 1.165) is 16.5 Å². The van der Waals surface area contributed by atoms with Gasteiger partial charge in [-0.15, -0.1) is 0 Å². The molecule has 0 saturated carbocycles. The van der Waals surface area contributed by atoms with Gasteiger partial charge in [0.2, 0.25) is 5.91 Å². The lowest BCUT2D eigenvalue weighted by Gasteiger charge is -2.34. The van der Waals surface area contributed by atoms with Crippen LogP contribution in [0.5, 0.6) is 0 Å². The molecule has 0 atom stereocenters. The molecule has 1 aliphatic rings. The molecule has 1 saturated heterocycles. The van der Waals surface area contributed by atoms with Gasteiger partial charge in [0.15, 0.2) is 0 Å². The lowest BCUT2D eigenvalue weighted by atomic mass is 10.2. The van der Waals surface area contributed by atoms with E-state index in [4.69, 9.17) is 4.74 Å². The predicted molar refractivity (Wildman–Crippen MR) is 132 cm³/mol. The molecule has 0 N–H and O–H groups in total. The molecule has 3 heterocycles. The Morgan fingerprint density at radius 2 is 1.67 bits per heavy atom. The van der Waals surface area contributed by atoms with Gasteiger partial charge in [0, 0.05) is 49.0 Å². The maximum absolute atomic E-state index is 13.6. The topological polar surface area (TPSA) is 89.7 Å². The van der Waals surface area contributed by atoms with Gasteiger partial charge in [0.05, 0.1) is 12.8 Å². The summed E-state index contributed by atoms with van der Waals surface area (Å²) in [7, 11) is 0. The second-order valence-electron chi connectivity index (χ2n) is 8.67. The number of aromatic nitrogens is 3. The Morgan fingerprint density at radius 1 is 0.972 bits per heavy atom. The summed E-state index contributed by atoms with van der Waals surface area (Å²) in [4.78, 5) is 41.7. The molecule has 9 nitrogen and oxygen atoms in total. The number of fused-ring (bicyclic) bond motifs is 3. The van der Waals surface area contributed by atoms with Gasteiger partial charge in [-0.25, -0.2) is 13.9 Å². The summed E-state index contributed by atoms with van der Waals surface area (Å²) in [5.41, 5.74) is 1.77. The minimum absolute atomic E-state index is 0.202. The molecule has 0 radical (unpaired) electrons. The largest absolute Gasteiger partial charge is 0.450 e. The van der Waals surface area contributed by atoms with Crippen molar-refractivity contribution in [1.82, 2.24) is 24.1 Å². The van der Waals surface area contributed by atoms with E-state index in [-0.39, 0.29) is 29.9 Å². The van der Waals surface area contributed by atoms with Crippen molar-refractivity contribution in [1.29, 1.82) is 0 Å². The van der Waals surface area contributed by atoms with E-state index in [9.17, 15) is 18.8 Å². The number of para-hydroxylation sites is 1. The fourth-order valence-electron chi connectivity index (χ4n) is 4.62. The molecule has 2 aromatic carbocycles. The Hall–Kier alpha value is -4.21. The highest BCUT2D eigenvalue weighted by molar-refractivity contribution is 6.07. The molecule has 0 unspecified atom stereocenters. The van der Waals surface area contributed by atoms with Gasteiger partial charge in [-0.1, -0.05) is 30.3 Å². The summed E-state index contributed by atoms with van der Waals surface area (Å²) < 4.78 is 21.5. The molecule has 186 valence electrons. The molecule has 0 aliphatic carbocycles. The summed E-state index contributed by atoms with van der Waals surface area (Å²) >= 11 is 0. The molecule has 4 aromatic rings. The van der Waals surface area contributed by atoms with Crippen LogP contribution < -0.4 is 5.56 Å². The lowest BCUT2D eigenvalue weighted by Crippen LogP contribution is -2.51. The van der Waals surface area contributed by atoms with Crippen molar-refractivity contribution in [2.24, 2.45) is 0 Å². The Labute approximate surface area is 206 Å². The molecule has 0 bridgehead atoms. The number of halogens is 1. The molecule has 2 aromatic heterocycles. The van der Waals surface area contributed by atoms with Crippen LogP contribution in [0.2, 0.25) is 0 Å². The zero-order valence-corrected chi connectivity index (χ0v) is 19.9. The van der Waals surface area contributed by atoms with E-state index < -0.39 is 0 Å². The second kappa shape index (κ2) is 9.80. The van der Waals surface area contributed by atoms with Gasteiger partial charge in [-0.2, -0.15) is 5.10 Å². The van der Waals surface area contributed by atoms with Crippen LogP contribution in [-0.2, 0) is 22.6 Å². The third-order valence-corrected chi connectivity index (χ3v) is 6.47. The van der Waals surface area contributed by atoms with Gasteiger partial charge in [-0.05, 0) is 30.7 Å². The van der Waals surface area contributed by atoms with E-state index in [2.05, 4.69) is 5.10 Å². The number of benzene rings is 2. The highest BCUT2D eigenvalue weighted by Gasteiger charge is 2.26. The van der Waals surface area contributed by atoms with Crippen molar-refractivity contribution in [2.75, 3.05) is 32.8 Å². The number of amides is 2. The molecule has 2 amide bonds. The standard InChI is InChI=1S/C26H26FN5O4/c1-2-36-26(35)30-13-11-29(12-14-30)23(33)17-32-25(34)24-21(15-28-32)20-5-3-4-6-22(20)31(24)16-18-7-9-19(27)10-8-18/h3-10,15H,2,11-14,16-17H2,1H3. The van der Waals surface area contributed by atoms with E-state index in [1.807, 2.05) is 28.8 Å². The van der Waals surface area contributed by atoms with Crippen LogP contribution in [0.15, 0.2) is 59.5 Å². The molecule has 36 heavy (non-hydrogen) atoms. The first-order valence-electron chi connectivity index (χ1n) is 11.9. The first-order chi connectivity index (χ1) is 17.5. The molecule has 1 aliphatic heterocycles. The third kappa shape index (κ3) is 4.41. The van der Waals surface area contributed by atoms with Crippen LogP contribution in [-0.4, -0.2) is 68.9 Å². The monoisotopic (exact) mass is 491 g/mol. The van der Waals surface area contributed by atoms with Crippen molar-refractivity contribution in [3.05, 3.63) is 76.5 Å². The van der Waals surface area contributed by atoms with Gasteiger partial charge < -0.3 is 19.1 Å². The maximum atomic E-state index is 13.6. The minimum Gasteiger partial charge on any atom is -0.450 e. The third-order valence-electron chi connectivity index (χ3n) is 6.47. The average molecular weight is 492 g/mol. The van der Waals surface area contributed by atoms with Gasteiger partial charge >= 0.3 is 6.09 Å². The molecule has 5 rings (SSSR count). The number of rotatable bonds is 5. The highest BCUT2D eigenvalue weighted by atomic mass is 19.1. The average Bonchev–Trinajstić information content (AvgIpc) is 3.21. The number of hydrogen-bond acceptors (Lipinski definition) is 5. The molecular formula is C26H26FN5O4. The number of ether oxygens (including phenoxy) is 1. The number of hydrogen-bond donors (Lipinski definition) is 0. The van der Waals surface area contributed by atoms with Gasteiger partial charge in [-0.3, -0.25) is 9.59 Å². The first-order valence-corrected chi connectivity index (χ1v) is 11.9. The van der Waals surface area contributed by atoms with Crippen LogP contribution in [0.3, 0.4) is 0 Å². The van der Waals surface area contributed by atoms with Crippen molar-refractivity contribution < 1.29 is 18.7 Å². The van der Waals surface area contributed by atoms with Crippen LogP contribution in [0.1, 0.15) is 12.5 Å². The number of piperazine rings is 1. The van der Waals surface area contributed by atoms with Gasteiger partial charge in [0.25, 0.3) is 5.56 Å². The van der Waals surface area contributed by atoms with E-state index in [1.165, 1.54) is 16.8 Å². The number of carbonyl (C=O) groups excluding carboxylic acids is 2. The predicted octanol–water partition coefficient (Wildman–Crippen LogP) is 2.84. The summed E-state index contributed by atoms with van der Waals surface area (Å²) in [6, 6.07) is 13.8. The zero-order valence-electron chi connectivity index (χ0n) is 19.9. The Morgan fingerprint density at radius 3 is 2.39 bits per heavy atom. The van der Waals surface area contributed by atoms with Crippen LogP contribution in [0.4, 0.5) is 9.18 Å². The van der Waals surface area contributed by atoms with E-state index in [0.29, 0.717) is 50.2 Å². The fourth-order valence-corrected chi connectivity index (χ4v) is 4.62. The number of nitrogens with zero attached hydrogens (tertiary/aromatic N) is 5. The lowest BCUT2D eigenvalue weighted by molar-refractivity contribution is -0.133. The molecule has 0 spiro atoms. The fraction of sp³-hybridized carbons (Fsp3) is 0.308. The molecular weight excluding hydrogens is 465 g/mol. The van der Waals surface area contributed by atoms with Crippen LogP contribution >= 0.6 is 0 Å². The summed E-state index contributed by atoms with van der Waals surface area (Å²) in [5.74, 6) is -0.567. The smallest absolute Gasteiger partial charge is 0.409 e. The normalized spacial score (nSPS) is 13.9.